The van der Waals surface area contributed by atoms with Crippen LogP contribution in [0.25, 0.3) is 11.0 Å². The standard InChI is InChI=1S/C15H23N5O/c1-4-5-6-12(8-16)18-15(21)11-7-13-10(2)19-20(3)14(13)17-9-11/h7,9,12H,4-6,8,16H2,1-3H3,(H,18,21). The number of aryl methyl sites for hydroxylation is 2. The fourth-order valence-corrected chi connectivity index (χ4v) is 2.40. The molecule has 2 rings (SSSR count). The van der Waals surface area contributed by atoms with Crippen molar-refractivity contribution in [2.24, 2.45) is 12.8 Å². The Morgan fingerprint density at radius 2 is 2.29 bits per heavy atom. The summed E-state index contributed by atoms with van der Waals surface area (Å²) in [6.45, 7) is 4.49. The number of carbonyl (C=O) groups is 1. The Morgan fingerprint density at radius 3 is 2.95 bits per heavy atom. The fraction of sp³-hybridized carbons (Fsp3) is 0.533. The lowest BCUT2D eigenvalue weighted by molar-refractivity contribution is 0.0935. The van der Waals surface area contributed by atoms with Gasteiger partial charge in [-0.25, -0.2) is 4.98 Å². The second-order valence-corrected chi connectivity index (χ2v) is 5.35. The van der Waals surface area contributed by atoms with E-state index in [-0.39, 0.29) is 11.9 Å². The van der Waals surface area contributed by atoms with Crippen molar-refractivity contribution in [2.45, 2.75) is 39.2 Å². The molecule has 6 nitrogen and oxygen atoms in total. The van der Waals surface area contributed by atoms with Crippen molar-refractivity contribution in [1.82, 2.24) is 20.1 Å². The number of nitrogens with two attached hydrogens (primary N) is 1. The van der Waals surface area contributed by atoms with E-state index in [1.165, 1.54) is 0 Å². The SMILES string of the molecule is CCCCC(CN)NC(=O)c1cnc2c(c1)c(C)nn2C. The first-order valence-electron chi connectivity index (χ1n) is 7.37. The molecule has 0 saturated carbocycles. The topological polar surface area (TPSA) is 85.8 Å². The smallest absolute Gasteiger partial charge is 0.253 e. The maximum Gasteiger partial charge on any atom is 0.253 e. The van der Waals surface area contributed by atoms with Gasteiger partial charge in [-0.05, 0) is 19.4 Å². The van der Waals surface area contributed by atoms with Gasteiger partial charge in [0.2, 0.25) is 0 Å². The van der Waals surface area contributed by atoms with E-state index in [2.05, 4.69) is 22.3 Å². The third-order valence-electron chi connectivity index (χ3n) is 3.65. The zero-order valence-corrected chi connectivity index (χ0v) is 12.9. The van der Waals surface area contributed by atoms with E-state index in [1.54, 1.807) is 10.9 Å². The highest BCUT2D eigenvalue weighted by molar-refractivity contribution is 5.97. The van der Waals surface area contributed by atoms with Crippen molar-refractivity contribution in [3.05, 3.63) is 23.5 Å². The number of amides is 1. The average Bonchev–Trinajstić information content (AvgIpc) is 2.77. The summed E-state index contributed by atoms with van der Waals surface area (Å²) < 4.78 is 1.72. The molecule has 1 amide bonds. The zero-order chi connectivity index (χ0) is 15.4. The first-order valence-corrected chi connectivity index (χ1v) is 7.37. The molecule has 0 radical (unpaired) electrons. The van der Waals surface area contributed by atoms with Crippen molar-refractivity contribution in [1.29, 1.82) is 0 Å². The summed E-state index contributed by atoms with van der Waals surface area (Å²) in [6, 6.07) is 1.86. The number of rotatable bonds is 6. The molecule has 1 unspecified atom stereocenters. The van der Waals surface area contributed by atoms with Crippen LogP contribution in [-0.2, 0) is 7.05 Å². The molecule has 0 aliphatic rings. The molecule has 6 heteroatoms. The van der Waals surface area contributed by atoms with Gasteiger partial charge >= 0.3 is 0 Å². The lowest BCUT2D eigenvalue weighted by Gasteiger charge is -2.16. The van der Waals surface area contributed by atoms with Crippen LogP contribution in [0.4, 0.5) is 0 Å². The zero-order valence-electron chi connectivity index (χ0n) is 12.9. The van der Waals surface area contributed by atoms with Crippen LogP contribution in [0.3, 0.4) is 0 Å². The molecule has 0 spiro atoms. The van der Waals surface area contributed by atoms with Crippen molar-refractivity contribution >= 4 is 16.9 Å². The summed E-state index contributed by atoms with van der Waals surface area (Å²) in [5, 5.41) is 8.19. The van der Waals surface area contributed by atoms with Gasteiger partial charge in [0.1, 0.15) is 0 Å². The third kappa shape index (κ3) is 3.39. The van der Waals surface area contributed by atoms with Gasteiger partial charge in [0.05, 0.1) is 11.3 Å². The van der Waals surface area contributed by atoms with E-state index in [0.717, 1.165) is 36.0 Å². The minimum absolute atomic E-state index is 0.0168. The normalized spacial score (nSPS) is 12.6. The third-order valence-corrected chi connectivity index (χ3v) is 3.65. The predicted molar refractivity (Wildman–Crippen MR) is 83.1 cm³/mol. The summed E-state index contributed by atoms with van der Waals surface area (Å²) in [5.74, 6) is -0.126. The second kappa shape index (κ2) is 6.67. The van der Waals surface area contributed by atoms with Gasteiger partial charge in [-0.2, -0.15) is 5.10 Å². The van der Waals surface area contributed by atoms with E-state index in [1.807, 2.05) is 20.0 Å². The Bertz CT molecular complexity index is 634. The number of nitrogens with one attached hydrogen (secondary N) is 1. The highest BCUT2D eigenvalue weighted by Crippen LogP contribution is 2.16. The van der Waals surface area contributed by atoms with Crippen LogP contribution >= 0.6 is 0 Å². The molecule has 0 aliphatic carbocycles. The van der Waals surface area contributed by atoms with Crippen molar-refractivity contribution in [3.63, 3.8) is 0 Å². The van der Waals surface area contributed by atoms with Crippen molar-refractivity contribution < 1.29 is 4.79 Å². The van der Waals surface area contributed by atoms with Crippen molar-refractivity contribution in [3.8, 4) is 0 Å². The molecule has 21 heavy (non-hydrogen) atoms. The molecule has 2 aromatic rings. The first kappa shape index (κ1) is 15.4. The van der Waals surface area contributed by atoms with Crippen LogP contribution in [-0.4, -0.2) is 33.3 Å². The molecular weight excluding hydrogens is 266 g/mol. The molecule has 114 valence electrons. The predicted octanol–water partition coefficient (Wildman–Crippen LogP) is 1.52. The highest BCUT2D eigenvalue weighted by Gasteiger charge is 2.15. The number of aromatic nitrogens is 3. The van der Waals surface area contributed by atoms with E-state index >= 15 is 0 Å². The number of carbonyl (C=O) groups excluding carboxylic acids is 1. The van der Waals surface area contributed by atoms with Crippen LogP contribution in [0.2, 0.25) is 0 Å². The maximum absolute atomic E-state index is 12.3. The van der Waals surface area contributed by atoms with Gasteiger partial charge < -0.3 is 11.1 Å². The Balaban J connectivity index is 2.17. The summed E-state index contributed by atoms with van der Waals surface area (Å²) >= 11 is 0. The fourth-order valence-electron chi connectivity index (χ4n) is 2.40. The summed E-state index contributed by atoms with van der Waals surface area (Å²) in [4.78, 5) is 16.6. The van der Waals surface area contributed by atoms with E-state index in [9.17, 15) is 4.79 Å². The van der Waals surface area contributed by atoms with Gasteiger partial charge in [-0.1, -0.05) is 19.8 Å². The van der Waals surface area contributed by atoms with Crippen LogP contribution < -0.4 is 11.1 Å². The van der Waals surface area contributed by atoms with Gasteiger partial charge in [-0.15, -0.1) is 0 Å². The Labute approximate surface area is 124 Å². The van der Waals surface area contributed by atoms with E-state index < -0.39 is 0 Å². The molecule has 0 saturated heterocycles. The van der Waals surface area contributed by atoms with Gasteiger partial charge in [0.25, 0.3) is 5.91 Å². The van der Waals surface area contributed by atoms with Crippen LogP contribution in [0.15, 0.2) is 12.3 Å². The summed E-state index contributed by atoms with van der Waals surface area (Å²) in [7, 11) is 1.84. The monoisotopic (exact) mass is 289 g/mol. The Hall–Kier alpha value is -1.95. The molecule has 2 aromatic heterocycles. The van der Waals surface area contributed by atoms with Gasteiger partial charge in [-0.3, -0.25) is 9.48 Å². The Morgan fingerprint density at radius 1 is 1.52 bits per heavy atom. The van der Waals surface area contributed by atoms with Crippen LogP contribution in [0.1, 0.15) is 42.2 Å². The number of pyridine rings is 1. The molecule has 0 aliphatic heterocycles. The molecule has 0 bridgehead atoms. The van der Waals surface area contributed by atoms with E-state index in [4.69, 9.17) is 5.73 Å². The minimum Gasteiger partial charge on any atom is -0.348 e. The minimum atomic E-state index is -0.126. The second-order valence-electron chi connectivity index (χ2n) is 5.35. The summed E-state index contributed by atoms with van der Waals surface area (Å²) in [5.41, 5.74) is 7.92. The number of unbranched alkanes of at least 4 members (excludes halogenated alkanes) is 1. The van der Waals surface area contributed by atoms with Crippen LogP contribution in [0, 0.1) is 6.92 Å². The Kier molecular flexibility index (Phi) is 4.90. The number of fused-ring (bicyclic) bond motifs is 1. The number of nitrogens with zero attached hydrogens (tertiary/aromatic N) is 3. The molecule has 0 fully saturated rings. The van der Waals surface area contributed by atoms with E-state index in [0.29, 0.717) is 12.1 Å². The lowest BCUT2D eigenvalue weighted by atomic mass is 10.1. The van der Waals surface area contributed by atoms with Gasteiger partial charge in [0, 0.05) is 31.2 Å². The number of hydrogen-bond donors (Lipinski definition) is 2. The lowest BCUT2D eigenvalue weighted by Crippen LogP contribution is -2.40. The first-order chi connectivity index (χ1) is 10.1. The molecular formula is C15H23N5O. The maximum atomic E-state index is 12.3. The summed E-state index contributed by atoms with van der Waals surface area (Å²) in [6.07, 6.45) is 4.64. The number of hydrogen-bond acceptors (Lipinski definition) is 4. The molecule has 2 heterocycles. The van der Waals surface area contributed by atoms with Crippen LogP contribution in [0.5, 0.6) is 0 Å². The van der Waals surface area contributed by atoms with Crippen molar-refractivity contribution in [2.75, 3.05) is 6.54 Å². The molecule has 0 aromatic carbocycles. The highest BCUT2D eigenvalue weighted by atomic mass is 16.1. The largest absolute Gasteiger partial charge is 0.348 e. The quantitative estimate of drug-likeness (QED) is 0.844. The molecule has 3 N–H and O–H groups in total. The molecule has 1 atom stereocenters. The van der Waals surface area contributed by atoms with Gasteiger partial charge in [0.15, 0.2) is 5.65 Å². The average molecular weight is 289 g/mol.